The molecule has 0 amide bonds. The highest BCUT2D eigenvalue weighted by Crippen LogP contribution is 2.40. The van der Waals surface area contributed by atoms with Crippen LogP contribution in [0.25, 0.3) is 0 Å². The van der Waals surface area contributed by atoms with Gasteiger partial charge in [0.1, 0.15) is 5.54 Å². The highest BCUT2D eigenvalue weighted by molar-refractivity contribution is 9.10. The quantitative estimate of drug-likeness (QED) is 0.854. The predicted octanol–water partition coefficient (Wildman–Crippen LogP) is 2.59. The Balaban J connectivity index is 2.12. The van der Waals surface area contributed by atoms with Gasteiger partial charge in [-0.1, -0.05) is 28.1 Å². The Bertz CT molecular complexity index is 418. The van der Waals surface area contributed by atoms with E-state index < -0.39 is 5.54 Å². The van der Waals surface area contributed by atoms with Gasteiger partial charge in [-0.3, -0.25) is 4.79 Å². The van der Waals surface area contributed by atoms with E-state index in [1.165, 1.54) is 12.7 Å². The van der Waals surface area contributed by atoms with Crippen LogP contribution in [0.2, 0.25) is 0 Å². The molecule has 2 atom stereocenters. The molecule has 0 aliphatic heterocycles. The summed E-state index contributed by atoms with van der Waals surface area (Å²) >= 11 is 3.41. The van der Waals surface area contributed by atoms with E-state index in [9.17, 15) is 4.79 Å². The average Bonchev–Trinajstić information content (AvgIpc) is 2.73. The van der Waals surface area contributed by atoms with Gasteiger partial charge in [0.2, 0.25) is 0 Å². The topological polar surface area (TPSA) is 52.3 Å². The lowest BCUT2D eigenvalue weighted by Crippen LogP contribution is -2.46. The summed E-state index contributed by atoms with van der Waals surface area (Å²) in [4.78, 5) is 11.6. The first-order valence-electron chi connectivity index (χ1n) is 5.68. The van der Waals surface area contributed by atoms with Gasteiger partial charge in [0.05, 0.1) is 7.11 Å². The minimum absolute atomic E-state index is 0.294. The maximum Gasteiger partial charge on any atom is 0.325 e. The number of benzene rings is 1. The molecule has 0 aromatic heterocycles. The first-order chi connectivity index (χ1) is 8.05. The third-order valence-electron chi connectivity index (χ3n) is 3.48. The summed E-state index contributed by atoms with van der Waals surface area (Å²) in [6.45, 7) is 0. The molecule has 1 aromatic rings. The van der Waals surface area contributed by atoms with E-state index in [1.807, 2.05) is 12.1 Å². The molecule has 0 spiro atoms. The number of carbonyl (C=O) groups excluding carboxylic acids is 1. The summed E-state index contributed by atoms with van der Waals surface area (Å²) in [5.41, 5.74) is 6.53. The fraction of sp³-hybridized carbons (Fsp3) is 0.462. The normalized spacial score (nSPS) is 28.1. The number of hydrogen-bond acceptors (Lipinski definition) is 3. The van der Waals surface area contributed by atoms with Crippen LogP contribution in [0.15, 0.2) is 28.7 Å². The molecule has 17 heavy (non-hydrogen) atoms. The molecule has 1 aliphatic rings. The molecular formula is C13H16BrNO2. The summed E-state index contributed by atoms with van der Waals surface area (Å²) < 4.78 is 5.83. The summed E-state index contributed by atoms with van der Waals surface area (Å²) in [5, 5.41) is 0. The largest absolute Gasteiger partial charge is 0.468 e. The molecule has 1 fully saturated rings. The monoisotopic (exact) mass is 297 g/mol. The van der Waals surface area contributed by atoms with Gasteiger partial charge in [-0.15, -0.1) is 0 Å². The van der Waals surface area contributed by atoms with Crippen LogP contribution in [0.1, 0.15) is 30.7 Å². The first kappa shape index (κ1) is 12.6. The number of hydrogen-bond donors (Lipinski definition) is 1. The van der Waals surface area contributed by atoms with Crippen LogP contribution in [0.3, 0.4) is 0 Å². The number of rotatable bonds is 2. The van der Waals surface area contributed by atoms with E-state index >= 15 is 0 Å². The Morgan fingerprint density at radius 1 is 1.47 bits per heavy atom. The van der Waals surface area contributed by atoms with Crippen LogP contribution < -0.4 is 5.73 Å². The lowest BCUT2D eigenvalue weighted by molar-refractivity contribution is -0.146. The van der Waals surface area contributed by atoms with Crippen LogP contribution in [-0.2, 0) is 9.53 Å². The maximum atomic E-state index is 11.6. The van der Waals surface area contributed by atoms with E-state index in [4.69, 9.17) is 10.5 Å². The van der Waals surface area contributed by atoms with Crippen molar-refractivity contribution < 1.29 is 9.53 Å². The molecule has 0 bridgehead atoms. The van der Waals surface area contributed by atoms with Gasteiger partial charge < -0.3 is 10.5 Å². The maximum absolute atomic E-state index is 11.6. The van der Waals surface area contributed by atoms with E-state index in [2.05, 4.69) is 28.1 Å². The standard InChI is InChI=1S/C13H16BrNO2/c1-17-12(16)13(15)7-6-10(8-13)9-2-4-11(14)5-3-9/h2-5,10H,6-8,15H2,1H3/t10-,13+/m1/s1. The second-order valence-electron chi connectivity index (χ2n) is 4.64. The van der Waals surface area contributed by atoms with Gasteiger partial charge in [-0.25, -0.2) is 0 Å². The molecule has 2 N–H and O–H groups in total. The minimum atomic E-state index is -0.799. The lowest BCUT2D eigenvalue weighted by atomic mass is 9.93. The van der Waals surface area contributed by atoms with Crippen molar-refractivity contribution in [3.05, 3.63) is 34.3 Å². The van der Waals surface area contributed by atoms with E-state index in [0.29, 0.717) is 18.8 Å². The van der Waals surface area contributed by atoms with Gasteiger partial charge in [-0.05, 0) is 42.9 Å². The fourth-order valence-electron chi connectivity index (χ4n) is 2.48. The predicted molar refractivity (Wildman–Crippen MR) is 69.7 cm³/mol. The number of carbonyl (C=O) groups is 1. The van der Waals surface area contributed by atoms with Gasteiger partial charge in [0.25, 0.3) is 0 Å². The first-order valence-corrected chi connectivity index (χ1v) is 6.47. The van der Waals surface area contributed by atoms with Gasteiger partial charge in [0, 0.05) is 4.47 Å². The Hall–Kier alpha value is -0.870. The van der Waals surface area contributed by atoms with E-state index in [0.717, 1.165) is 10.9 Å². The Labute approximate surface area is 109 Å². The van der Waals surface area contributed by atoms with Gasteiger partial charge in [-0.2, -0.15) is 0 Å². The molecular weight excluding hydrogens is 282 g/mol. The third kappa shape index (κ3) is 2.53. The van der Waals surface area contributed by atoms with Crippen LogP contribution in [0.4, 0.5) is 0 Å². The molecule has 2 rings (SSSR count). The third-order valence-corrected chi connectivity index (χ3v) is 4.01. The van der Waals surface area contributed by atoms with Gasteiger partial charge in [0.15, 0.2) is 0 Å². The zero-order valence-corrected chi connectivity index (χ0v) is 11.4. The van der Waals surface area contributed by atoms with Gasteiger partial charge >= 0.3 is 5.97 Å². The number of halogens is 1. The fourth-order valence-corrected chi connectivity index (χ4v) is 2.75. The smallest absolute Gasteiger partial charge is 0.325 e. The second kappa shape index (κ2) is 4.78. The van der Waals surface area contributed by atoms with Crippen molar-refractivity contribution in [2.24, 2.45) is 5.73 Å². The second-order valence-corrected chi connectivity index (χ2v) is 5.55. The van der Waals surface area contributed by atoms with E-state index in [1.54, 1.807) is 0 Å². The molecule has 0 unspecified atom stereocenters. The highest BCUT2D eigenvalue weighted by Gasteiger charge is 2.43. The molecule has 0 radical (unpaired) electrons. The zero-order chi connectivity index (χ0) is 12.5. The van der Waals surface area contributed by atoms with Crippen LogP contribution in [0, 0.1) is 0 Å². The zero-order valence-electron chi connectivity index (χ0n) is 9.78. The molecule has 1 saturated carbocycles. The SMILES string of the molecule is COC(=O)[C@]1(N)CC[C@@H](c2ccc(Br)cc2)C1. The van der Waals surface area contributed by atoms with Crippen LogP contribution in [0.5, 0.6) is 0 Å². The van der Waals surface area contributed by atoms with Crippen molar-refractivity contribution in [2.75, 3.05) is 7.11 Å². The highest BCUT2D eigenvalue weighted by atomic mass is 79.9. The average molecular weight is 298 g/mol. The Kier molecular flexibility index (Phi) is 3.54. The number of methoxy groups -OCH3 is 1. The van der Waals surface area contributed by atoms with Crippen LogP contribution in [-0.4, -0.2) is 18.6 Å². The Morgan fingerprint density at radius 2 is 2.12 bits per heavy atom. The van der Waals surface area contributed by atoms with E-state index in [-0.39, 0.29) is 5.97 Å². The molecule has 0 heterocycles. The molecule has 1 aliphatic carbocycles. The molecule has 1 aromatic carbocycles. The van der Waals surface area contributed by atoms with Crippen molar-refractivity contribution >= 4 is 21.9 Å². The summed E-state index contributed by atoms with van der Waals surface area (Å²) in [7, 11) is 1.39. The molecule has 3 nitrogen and oxygen atoms in total. The van der Waals surface area contributed by atoms with Crippen molar-refractivity contribution in [1.29, 1.82) is 0 Å². The lowest BCUT2D eigenvalue weighted by Gasteiger charge is -2.20. The molecule has 0 saturated heterocycles. The van der Waals surface area contributed by atoms with Crippen LogP contribution >= 0.6 is 15.9 Å². The Morgan fingerprint density at radius 3 is 2.71 bits per heavy atom. The van der Waals surface area contributed by atoms with Crippen molar-refractivity contribution in [2.45, 2.75) is 30.7 Å². The van der Waals surface area contributed by atoms with Crippen molar-refractivity contribution in [3.63, 3.8) is 0 Å². The molecule has 92 valence electrons. The summed E-state index contributed by atoms with van der Waals surface area (Å²) in [6, 6.07) is 8.20. The molecule has 4 heteroatoms. The van der Waals surface area contributed by atoms with Crippen molar-refractivity contribution in [3.8, 4) is 0 Å². The minimum Gasteiger partial charge on any atom is -0.468 e. The van der Waals surface area contributed by atoms with Crippen molar-refractivity contribution in [1.82, 2.24) is 0 Å². The number of ether oxygens (including phenoxy) is 1. The number of nitrogens with two attached hydrogens (primary N) is 1. The summed E-state index contributed by atoms with van der Waals surface area (Å²) in [5.74, 6) is 0.0595. The summed E-state index contributed by atoms with van der Waals surface area (Å²) in [6.07, 6.45) is 2.30. The number of esters is 1.